The van der Waals surface area contributed by atoms with Gasteiger partial charge in [-0.2, -0.15) is 0 Å². The largest absolute Gasteiger partial charge is 0.352 e. The molecule has 1 atom stereocenters. The Balaban J connectivity index is 2.19. The van der Waals surface area contributed by atoms with Gasteiger partial charge in [0.2, 0.25) is 0 Å². The molecule has 1 fully saturated rings. The van der Waals surface area contributed by atoms with Crippen LogP contribution in [0, 0.1) is 5.92 Å². The number of amides is 2. The van der Waals surface area contributed by atoms with Crippen molar-refractivity contribution >= 4 is 6.03 Å². The molecule has 3 N–H and O–H groups in total. The molecule has 3 rings (SSSR count). The van der Waals surface area contributed by atoms with Gasteiger partial charge in [0.05, 0.1) is 5.54 Å². The summed E-state index contributed by atoms with van der Waals surface area (Å²) < 4.78 is 0. The molecule has 114 valence electrons. The highest BCUT2D eigenvalue weighted by Crippen LogP contribution is 2.44. The van der Waals surface area contributed by atoms with Crippen molar-refractivity contribution in [2.75, 3.05) is 0 Å². The molecule has 4 nitrogen and oxygen atoms in total. The fourth-order valence-corrected chi connectivity index (χ4v) is 3.75. The molecule has 0 radical (unpaired) electrons. The Kier molecular flexibility index (Phi) is 4.09. The van der Waals surface area contributed by atoms with Gasteiger partial charge in [-0.3, -0.25) is 4.98 Å². The second-order valence-corrected chi connectivity index (χ2v) is 5.88. The highest BCUT2D eigenvalue weighted by atomic mass is 16.2. The zero-order valence-electron chi connectivity index (χ0n) is 12.5. The lowest BCUT2D eigenvalue weighted by atomic mass is 9.72. The summed E-state index contributed by atoms with van der Waals surface area (Å²) in [5, 5.41) is 3.08. The van der Waals surface area contributed by atoms with Crippen molar-refractivity contribution in [2.24, 2.45) is 11.7 Å². The van der Waals surface area contributed by atoms with Crippen LogP contribution in [0.4, 0.5) is 4.79 Å². The predicted octanol–water partition coefficient (Wildman–Crippen LogP) is 3.18. The number of hydrogen-bond donors (Lipinski definition) is 2. The predicted molar refractivity (Wildman–Crippen MR) is 86.1 cm³/mol. The number of carbonyl (C=O) groups is 1. The minimum Gasteiger partial charge on any atom is -0.352 e. The number of primary amides is 1. The third kappa shape index (κ3) is 2.56. The molecule has 22 heavy (non-hydrogen) atoms. The Morgan fingerprint density at radius 1 is 1.05 bits per heavy atom. The molecule has 0 bridgehead atoms. The van der Waals surface area contributed by atoms with Crippen molar-refractivity contribution < 1.29 is 4.79 Å². The molecule has 1 aromatic carbocycles. The Bertz CT molecular complexity index is 582. The van der Waals surface area contributed by atoms with Gasteiger partial charge in [-0.05, 0) is 42.0 Å². The van der Waals surface area contributed by atoms with E-state index < -0.39 is 11.6 Å². The van der Waals surface area contributed by atoms with Gasteiger partial charge < -0.3 is 11.1 Å². The SMILES string of the molecule is NC(=O)NC(c1ccccc1)(c1ccncc1)C1CCCC1. The lowest BCUT2D eigenvalue weighted by Crippen LogP contribution is -2.53. The molecule has 0 saturated heterocycles. The van der Waals surface area contributed by atoms with Gasteiger partial charge in [0.1, 0.15) is 0 Å². The molecule has 0 aliphatic heterocycles. The number of urea groups is 1. The minimum atomic E-state index is -0.577. The fraction of sp³-hybridized carbons (Fsp3) is 0.333. The number of nitrogens with two attached hydrogens (primary N) is 1. The molecule has 1 saturated carbocycles. The zero-order chi connectivity index (χ0) is 15.4. The second kappa shape index (κ2) is 6.18. The van der Waals surface area contributed by atoms with E-state index in [0.717, 1.165) is 24.0 Å². The maximum Gasteiger partial charge on any atom is 0.313 e. The maximum absolute atomic E-state index is 11.8. The molecule has 0 spiro atoms. The van der Waals surface area contributed by atoms with E-state index in [-0.39, 0.29) is 0 Å². The van der Waals surface area contributed by atoms with Crippen LogP contribution in [0.1, 0.15) is 36.8 Å². The van der Waals surface area contributed by atoms with Crippen LogP contribution >= 0.6 is 0 Å². The minimum absolute atomic E-state index is 0.338. The lowest BCUT2D eigenvalue weighted by molar-refractivity contribution is 0.220. The third-order valence-electron chi connectivity index (χ3n) is 4.65. The van der Waals surface area contributed by atoms with Crippen molar-refractivity contribution in [1.82, 2.24) is 10.3 Å². The highest BCUT2D eigenvalue weighted by Gasteiger charge is 2.44. The van der Waals surface area contributed by atoms with E-state index in [9.17, 15) is 4.79 Å². The van der Waals surface area contributed by atoms with Crippen molar-refractivity contribution in [1.29, 1.82) is 0 Å². The first kappa shape index (κ1) is 14.6. The van der Waals surface area contributed by atoms with Crippen molar-refractivity contribution in [3.05, 3.63) is 66.0 Å². The van der Waals surface area contributed by atoms with E-state index >= 15 is 0 Å². The number of nitrogens with zero attached hydrogens (tertiary/aromatic N) is 1. The Morgan fingerprint density at radius 2 is 1.64 bits per heavy atom. The van der Waals surface area contributed by atoms with E-state index in [0.29, 0.717) is 5.92 Å². The van der Waals surface area contributed by atoms with E-state index in [4.69, 9.17) is 5.73 Å². The first-order valence-electron chi connectivity index (χ1n) is 7.77. The molecule has 1 aliphatic carbocycles. The van der Waals surface area contributed by atoms with Crippen LogP contribution in [0.2, 0.25) is 0 Å². The summed E-state index contributed by atoms with van der Waals surface area (Å²) in [4.78, 5) is 15.9. The number of rotatable bonds is 4. The van der Waals surface area contributed by atoms with Crippen LogP contribution in [0.25, 0.3) is 0 Å². The number of aromatic nitrogens is 1. The summed E-state index contributed by atoms with van der Waals surface area (Å²) in [5.74, 6) is 0.338. The van der Waals surface area contributed by atoms with Gasteiger partial charge in [-0.1, -0.05) is 43.2 Å². The van der Waals surface area contributed by atoms with Crippen molar-refractivity contribution in [2.45, 2.75) is 31.2 Å². The molecule has 4 heteroatoms. The van der Waals surface area contributed by atoms with Gasteiger partial charge in [-0.25, -0.2) is 4.79 Å². The summed E-state index contributed by atoms with van der Waals surface area (Å²) >= 11 is 0. The van der Waals surface area contributed by atoms with Crippen molar-refractivity contribution in [3.8, 4) is 0 Å². The van der Waals surface area contributed by atoms with E-state index in [1.165, 1.54) is 12.8 Å². The molecule has 1 aliphatic rings. The molecule has 1 heterocycles. The average molecular weight is 295 g/mol. The lowest BCUT2D eigenvalue weighted by Gasteiger charge is -2.40. The van der Waals surface area contributed by atoms with E-state index in [2.05, 4.69) is 22.4 Å². The summed E-state index contributed by atoms with van der Waals surface area (Å²) in [7, 11) is 0. The monoisotopic (exact) mass is 295 g/mol. The van der Waals surface area contributed by atoms with Crippen LogP contribution in [-0.2, 0) is 5.54 Å². The number of pyridine rings is 1. The first-order chi connectivity index (χ1) is 10.7. The standard InChI is InChI=1S/C18H21N3O/c19-17(22)21-18(15-8-4-5-9-15,14-6-2-1-3-7-14)16-10-12-20-13-11-16/h1-3,6-7,10-13,15H,4-5,8-9H2,(H3,19,21,22). The van der Waals surface area contributed by atoms with Crippen LogP contribution < -0.4 is 11.1 Å². The third-order valence-corrected chi connectivity index (χ3v) is 4.65. The number of carbonyl (C=O) groups excluding carboxylic acids is 1. The quantitative estimate of drug-likeness (QED) is 0.909. The smallest absolute Gasteiger partial charge is 0.313 e. The van der Waals surface area contributed by atoms with Crippen LogP contribution in [0.5, 0.6) is 0 Å². The summed E-state index contributed by atoms with van der Waals surface area (Å²) in [5.41, 5.74) is 7.10. The van der Waals surface area contributed by atoms with Gasteiger partial charge in [-0.15, -0.1) is 0 Å². The Hall–Kier alpha value is -2.36. The van der Waals surface area contributed by atoms with Gasteiger partial charge >= 0.3 is 6.03 Å². The van der Waals surface area contributed by atoms with E-state index in [1.54, 1.807) is 12.4 Å². The van der Waals surface area contributed by atoms with Gasteiger partial charge in [0.15, 0.2) is 0 Å². The average Bonchev–Trinajstić information content (AvgIpc) is 3.09. The molecular formula is C18H21N3O. The second-order valence-electron chi connectivity index (χ2n) is 5.88. The molecular weight excluding hydrogens is 274 g/mol. The van der Waals surface area contributed by atoms with Crippen molar-refractivity contribution in [3.63, 3.8) is 0 Å². The Labute approximate surface area is 130 Å². The van der Waals surface area contributed by atoms with Crippen LogP contribution in [0.3, 0.4) is 0 Å². The maximum atomic E-state index is 11.8. The first-order valence-corrected chi connectivity index (χ1v) is 7.77. The molecule has 1 unspecified atom stereocenters. The van der Waals surface area contributed by atoms with Gasteiger partial charge in [0, 0.05) is 12.4 Å². The summed E-state index contributed by atoms with van der Waals surface area (Å²) in [6, 6.07) is 13.6. The summed E-state index contributed by atoms with van der Waals surface area (Å²) in [6.45, 7) is 0. The fourth-order valence-electron chi connectivity index (χ4n) is 3.75. The topological polar surface area (TPSA) is 68.0 Å². The molecule has 2 amide bonds. The number of hydrogen-bond acceptors (Lipinski definition) is 2. The summed E-state index contributed by atoms with van der Waals surface area (Å²) in [6.07, 6.45) is 8.07. The van der Waals surface area contributed by atoms with E-state index in [1.807, 2.05) is 30.3 Å². The number of benzene rings is 1. The normalized spacial score (nSPS) is 17.8. The number of nitrogens with one attached hydrogen (secondary N) is 1. The highest BCUT2D eigenvalue weighted by molar-refractivity contribution is 5.74. The van der Waals surface area contributed by atoms with Gasteiger partial charge in [0.25, 0.3) is 0 Å². The van der Waals surface area contributed by atoms with Crippen LogP contribution in [0.15, 0.2) is 54.9 Å². The zero-order valence-corrected chi connectivity index (χ0v) is 12.5. The molecule has 2 aromatic rings. The van der Waals surface area contributed by atoms with Crippen LogP contribution in [-0.4, -0.2) is 11.0 Å². The molecule has 1 aromatic heterocycles. The Morgan fingerprint density at radius 3 is 2.23 bits per heavy atom.